The van der Waals surface area contributed by atoms with Gasteiger partial charge in [0, 0.05) is 58.4 Å². The molecule has 1 aromatic carbocycles. The molecule has 0 atom stereocenters. The molecule has 2 fully saturated rings. The van der Waals surface area contributed by atoms with Crippen LogP contribution >= 0.6 is 0 Å². The number of benzene rings is 1. The summed E-state index contributed by atoms with van der Waals surface area (Å²) in [6, 6.07) is 3.91. The van der Waals surface area contributed by atoms with Crippen LogP contribution in [0.2, 0.25) is 0 Å². The van der Waals surface area contributed by atoms with Gasteiger partial charge in [-0.2, -0.15) is 0 Å². The van der Waals surface area contributed by atoms with Gasteiger partial charge in [-0.15, -0.1) is 0 Å². The number of carbonyl (C=O) groups excluding carboxylic acids is 2. The van der Waals surface area contributed by atoms with Crippen molar-refractivity contribution in [1.82, 2.24) is 19.6 Å². The van der Waals surface area contributed by atoms with Gasteiger partial charge in [0.05, 0.1) is 6.54 Å². The first-order valence-corrected chi connectivity index (χ1v) is 11.8. The number of hydrogen-bond donors (Lipinski definition) is 0. The molecule has 2 heterocycles. The highest BCUT2D eigenvalue weighted by molar-refractivity contribution is 5.94. The smallest absolute Gasteiger partial charge is 0.259 e. The average Bonchev–Trinajstić information content (AvgIpc) is 2.82. The zero-order valence-corrected chi connectivity index (χ0v) is 20.5. The summed E-state index contributed by atoms with van der Waals surface area (Å²) in [5.74, 6) is -2.22. The first-order chi connectivity index (χ1) is 15.4. The van der Waals surface area contributed by atoms with E-state index in [9.17, 15) is 18.4 Å². The number of hydrogen-bond acceptors (Lipinski definition) is 4. The third kappa shape index (κ3) is 7.52. The van der Waals surface area contributed by atoms with E-state index >= 15 is 0 Å². The second kappa shape index (κ2) is 14.2. The zero-order valence-electron chi connectivity index (χ0n) is 20.5. The van der Waals surface area contributed by atoms with Gasteiger partial charge in [-0.05, 0) is 26.0 Å². The Bertz CT molecular complexity index is 694. The van der Waals surface area contributed by atoms with Crippen LogP contribution < -0.4 is 0 Å². The summed E-state index contributed by atoms with van der Waals surface area (Å²) in [5, 5.41) is 0. The Hall–Kier alpha value is -2.06. The second-order valence-electron chi connectivity index (χ2n) is 7.68. The summed E-state index contributed by atoms with van der Waals surface area (Å²) in [6.07, 6.45) is 0. The molecule has 0 radical (unpaired) electrons. The minimum atomic E-state index is -0.844. The summed E-state index contributed by atoms with van der Waals surface area (Å²) in [6.45, 7) is 17.6. The molecule has 32 heavy (non-hydrogen) atoms. The monoisotopic (exact) mass is 454 g/mol. The Kier molecular flexibility index (Phi) is 12.4. The van der Waals surface area contributed by atoms with Crippen LogP contribution in [0.15, 0.2) is 18.2 Å². The Morgan fingerprint density at radius 3 is 1.75 bits per heavy atom. The first kappa shape index (κ1) is 28.0. The maximum atomic E-state index is 13.8. The van der Waals surface area contributed by atoms with Crippen molar-refractivity contribution in [3.05, 3.63) is 35.4 Å². The molecule has 182 valence electrons. The Balaban J connectivity index is 0.00000121. The van der Waals surface area contributed by atoms with E-state index in [0.29, 0.717) is 38.8 Å². The lowest BCUT2D eigenvalue weighted by Crippen LogP contribution is -2.55. The van der Waals surface area contributed by atoms with Gasteiger partial charge in [0.2, 0.25) is 5.91 Å². The average molecular weight is 455 g/mol. The molecule has 2 amide bonds. The lowest BCUT2D eigenvalue weighted by molar-refractivity contribution is -0.134. The third-order valence-electron chi connectivity index (χ3n) is 5.59. The highest BCUT2D eigenvalue weighted by Gasteiger charge is 2.29. The normalized spacial score (nSPS) is 17.3. The molecule has 3 rings (SSSR count). The summed E-state index contributed by atoms with van der Waals surface area (Å²) in [7, 11) is 0. The van der Waals surface area contributed by atoms with E-state index < -0.39 is 23.1 Å². The molecule has 8 heteroatoms. The maximum Gasteiger partial charge on any atom is 0.259 e. The van der Waals surface area contributed by atoms with E-state index in [1.165, 1.54) is 11.0 Å². The van der Waals surface area contributed by atoms with Crippen molar-refractivity contribution >= 4 is 11.8 Å². The molecule has 0 aromatic heterocycles. The fourth-order valence-electron chi connectivity index (χ4n) is 3.75. The topological polar surface area (TPSA) is 47.1 Å². The van der Waals surface area contributed by atoms with E-state index in [0.717, 1.165) is 38.3 Å². The number of rotatable bonds is 4. The molecular formula is C24H40F2N4O2. The largest absolute Gasteiger partial charge is 0.339 e. The molecule has 1 aromatic rings. The number of nitrogens with zero attached hydrogens (tertiary/aromatic N) is 4. The van der Waals surface area contributed by atoms with Crippen molar-refractivity contribution in [2.24, 2.45) is 0 Å². The SMILES string of the molecule is CC.CC.CC(C)N1CCN(C(=O)CN2CCN(C(=O)c3c(F)cccc3F)CC2)CC1. The van der Waals surface area contributed by atoms with E-state index in [4.69, 9.17) is 0 Å². The van der Waals surface area contributed by atoms with Gasteiger partial charge < -0.3 is 9.80 Å². The standard InChI is InChI=1S/C20H28F2N4O2.2C2H6/c1-15(2)24-10-12-25(13-11-24)18(27)14-23-6-8-26(9-7-23)20(28)19-16(21)4-3-5-17(19)22;2*1-2/h3-5,15H,6-14H2,1-2H3;2*1-2H3. The van der Waals surface area contributed by atoms with E-state index in [2.05, 4.69) is 18.7 Å². The molecule has 2 saturated heterocycles. The number of carbonyl (C=O) groups is 2. The van der Waals surface area contributed by atoms with Crippen molar-refractivity contribution in [2.45, 2.75) is 47.6 Å². The molecule has 0 unspecified atom stereocenters. The van der Waals surface area contributed by atoms with Crippen LogP contribution in [0.3, 0.4) is 0 Å². The first-order valence-electron chi connectivity index (χ1n) is 11.8. The third-order valence-corrected chi connectivity index (χ3v) is 5.59. The molecular weight excluding hydrogens is 414 g/mol. The van der Waals surface area contributed by atoms with Crippen LogP contribution in [0.4, 0.5) is 8.78 Å². The van der Waals surface area contributed by atoms with Gasteiger partial charge in [0.15, 0.2) is 0 Å². The van der Waals surface area contributed by atoms with Crippen LogP contribution in [0, 0.1) is 11.6 Å². The van der Waals surface area contributed by atoms with Crippen LogP contribution in [0.5, 0.6) is 0 Å². The molecule has 0 aliphatic carbocycles. The van der Waals surface area contributed by atoms with Gasteiger partial charge in [-0.1, -0.05) is 33.8 Å². The number of amides is 2. The predicted octanol–water partition coefficient (Wildman–Crippen LogP) is 3.33. The molecule has 0 bridgehead atoms. The molecule has 0 N–H and O–H groups in total. The summed E-state index contributed by atoms with van der Waals surface area (Å²) >= 11 is 0. The summed E-state index contributed by atoms with van der Waals surface area (Å²) in [5.41, 5.74) is -0.505. The van der Waals surface area contributed by atoms with Crippen LogP contribution in [0.25, 0.3) is 0 Å². The Morgan fingerprint density at radius 2 is 1.28 bits per heavy atom. The van der Waals surface area contributed by atoms with Crippen LogP contribution in [-0.4, -0.2) is 96.4 Å². The summed E-state index contributed by atoms with van der Waals surface area (Å²) in [4.78, 5) is 32.7. The van der Waals surface area contributed by atoms with E-state index in [1.54, 1.807) is 0 Å². The Morgan fingerprint density at radius 1 is 0.812 bits per heavy atom. The van der Waals surface area contributed by atoms with E-state index in [-0.39, 0.29) is 5.91 Å². The van der Waals surface area contributed by atoms with Crippen molar-refractivity contribution in [2.75, 3.05) is 58.9 Å². The number of piperazine rings is 2. The maximum absolute atomic E-state index is 13.8. The van der Waals surface area contributed by atoms with Crippen molar-refractivity contribution in [3.63, 3.8) is 0 Å². The van der Waals surface area contributed by atoms with Crippen molar-refractivity contribution < 1.29 is 18.4 Å². The highest BCUT2D eigenvalue weighted by Crippen LogP contribution is 2.16. The highest BCUT2D eigenvalue weighted by atomic mass is 19.1. The van der Waals surface area contributed by atoms with Crippen LogP contribution in [0.1, 0.15) is 51.9 Å². The van der Waals surface area contributed by atoms with Gasteiger partial charge in [-0.3, -0.25) is 19.4 Å². The Labute approximate surface area is 192 Å². The molecule has 2 aliphatic heterocycles. The predicted molar refractivity (Wildman–Crippen MR) is 125 cm³/mol. The van der Waals surface area contributed by atoms with Gasteiger partial charge in [0.25, 0.3) is 5.91 Å². The van der Waals surface area contributed by atoms with Crippen LogP contribution in [-0.2, 0) is 4.79 Å². The minimum absolute atomic E-state index is 0.100. The van der Waals surface area contributed by atoms with Crippen molar-refractivity contribution in [1.29, 1.82) is 0 Å². The van der Waals surface area contributed by atoms with Gasteiger partial charge in [0.1, 0.15) is 17.2 Å². The molecule has 2 aliphatic rings. The number of halogens is 2. The van der Waals surface area contributed by atoms with E-state index in [1.807, 2.05) is 37.5 Å². The molecule has 6 nitrogen and oxygen atoms in total. The van der Waals surface area contributed by atoms with Gasteiger partial charge >= 0.3 is 0 Å². The summed E-state index contributed by atoms with van der Waals surface area (Å²) < 4.78 is 27.7. The fraction of sp³-hybridized carbons (Fsp3) is 0.667. The lowest BCUT2D eigenvalue weighted by Gasteiger charge is -2.39. The second-order valence-corrected chi connectivity index (χ2v) is 7.68. The lowest BCUT2D eigenvalue weighted by atomic mass is 10.1. The van der Waals surface area contributed by atoms with Crippen molar-refractivity contribution in [3.8, 4) is 0 Å². The quantitative estimate of drug-likeness (QED) is 0.700. The van der Waals surface area contributed by atoms with Gasteiger partial charge in [-0.25, -0.2) is 8.78 Å². The molecule has 0 saturated carbocycles. The minimum Gasteiger partial charge on any atom is -0.339 e. The molecule has 0 spiro atoms. The fourth-order valence-corrected chi connectivity index (χ4v) is 3.75. The zero-order chi connectivity index (χ0) is 24.3.